The van der Waals surface area contributed by atoms with E-state index >= 15 is 0 Å². The van der Waals surface area contributed by atoms with Crippen molar-refractivity contribution in [1.29, 1.82) is 0 Å². The maximum Gasteiger partial charge on any atom is 0.309 e. The number of hydrogen-bond donors (Lipinski definition) is 2. The molecule has 0 amide bonds. The molecule has 0 heterocycles. The molecule has 2 bridgehead atoms. The van der Waals surface area contributed by atoms with Crippen LogP contribution in [-0.4, -0.2) is 48.7 Å². The van der Waals surface area contributed by atoms with Gasteiger partial charge in [0.2, 0.25) is 0 Å². The SMILES string of the molecule is CC[C@H]1[C@@H](OC)[C@@H]2[C@H](CC[C@]3(C)[C@@H]([C@H](C)CCOCC45CC(C(=O)O)(C4)C5)CC[C@@H]23)[C@@]2(C)CC[C@@H](O)C[C@@H]12. The van der Waals surface area contributed by atoms with E-state index in [0.717, 1.165) is 75.9 Å². The van der Waals surface area contributed by atoms with E-state index in [9.17, 15) is 15.0 Å². The average molecular weight is 531 g/mol. The molecule has 7 aliphatic carbocycles. The van der Waals surface area contributed by atoms with Crippen LogP contribution in [0.25, 0.3) is 0 Å². The number of aliphatic carboxylic acids is 1. The molecule has 0 unspecified atom stereocenters. The number of carboxylic acids is 1. The molecule has 0 spiro atoms. The fourth-order valence-corrected chi connectivity index (χ4v) is 12.4. The van der Waals surface area contributed by atoms with Crippen molar-refractivity contribution in [2.75, 3.05) is 20.3 Å². The summed E-state index contributed by atoms with van der Waals surface area (Å²) in [7, 11) is 1.97. The lowest BCUT2D eigenvalue weighted by Crippen LogP contribution is -2.67. The van der Waals surface area contributed by atoms with Crippen molar-refractivity contribution in [2.24, 2.45) is 63.1 Å². The Labute approximate surface area is 230 Å². The Kier molecular flexibility index (Phi) is 6.84. The van der Waals surface area contributed by atoms with Crippen molar-refractivity contribution in [1.82, 2.24) is 0 Å². The minimum absolute atomic E-state index is 0.128. The van der Waals surface area contributed by atoms with Gasteiger partial charge in [-0.15, -0.1) is 0 Å². The van der Waals surface area contributed by atoms with Gasteiger partial charge in [-0.2, -0.15) is 0 Å². The van der Waals surface area contributed by atoms with E-state index in [-0.39, 0.29) is 11.5 Å². The topological polar surface area (TPSA) is 76.0 Å². The normalized spacial score (nSPS) is 53.6. The fraction of sp³-hybridized carbons (Fsp3) is 0.970. The Bertz CT molecular complexity index is 897. The van der Waals surface area contributed by atoms with Gasteiger partial charge in [-0.25, -0.2) is 0 Å². The molecule has 0 aromatic carbocycles. The van der Waals surface area contributed by atoms with Crippen LogP contribution in [0.3, 0.4) is 0 Å². The average Bonchev–Trinajstić information content (AvgIpc) is 3.18. The smallest absolute Gasteiger partial charge is 0.309 e. The molecule has 5 heteroatoms. The lowest BCUT2D eigenvalue weighted by Gasteiger charge is -2.68. The minimum Gasteiger partial charge on any atom is -0.481 e. The van der Waals surface area contributed by atoms with Crippen LogP contribution in [0.4, 0.5) is 0 Å². The third-order valence-corrected chi connectivity index (χ3v) is 14.1. The predicted molar refractivity (Wildman–Crippen MR) is 148 cm³/mol. The molecule has 0 aromatic heterocycles. The number of carbonyl (C=O) groups is 1. The molecule has 0 aliphatic heterocycles. The van der Waals surface area contributed by atoms with E-state index in [1.54, 1.807) is 0 Å². The van der Waals surface area contributed by atoms with Crippen molar-refractivity contribution in [2.45, 2.75) is 117 Å². The van der Waals surface area contributed by atoms with Gasteiger partial charge >= 0.3 is 5.97 Å². The summed E-state index contributed by atoms with van der Waals surface area (Å²) in [6.45, 7) is 11.6. The molecule has 7 saturated carbocycles. The van der Waals surface area contributed by atoms with Gasteiger partial charge in [0.25, 0.3) is 0 Å². The van der Waals surface area contributed by atoms with Crippen molar-refractivity contribution in [3.8, 4) is 0 Å². The summed E-state index contributed by atoms with van der Waals surface area (Å²) in [4.78, 5) is 11.4. The van der Waals surface area contributed by atoms with E-state index in [0.29, 0.717) is 40.6 Å². The lowest BCUT2D eigenvalue weighted by molar-refractivity contribution is -0.239. The number of fused-ring (bicyclic) bond motifs is 5. The highest BCUT2D eigenvalue weighted by Crippen LogP contribution is 2.73. The van der Waals surface area contributed by atoms with Crippen LogP contribution in [0.15, 0.2) is 0 Å². The number of methoxy groups -OCH3 is 1. The maximum atomic E-state index is 11.4. The summed E-state index contributed by atoms with van der Waals surface area (Å²) in [5, 5.41) is 20.0. The first-order chi connectivity index (χ1) is 18.0. The summed E-state index contributed by atoms with van der Waals surface area (Å²) in [6.07, 6.45) is 13.4. The Morgan fingerprint density at radius 2 is 1.68 bits per heavy atom. The Morgan fingerprint density at radius 3 is 2.34 bits per heavy atom. The summed E-state index contributed by atoms with van der Waals surface area (Å²) < 4.78 is 12.7. The van der Waals surface area contributed by atoms with Crippen molar-refractivity contribution in [3.63, 3.8) is 0 Å². The van der Waals surface area contributed by atoms with Gasteiger partial charge in [-0.05, 0) is 128 Å². The zero-order valence-electron chi connectivity index (χ0n) is 24.7. The van der Waals surface area contributed by atoms with Gasteiger partial charge in [0.05, 0.1) is 24.2 Å². The van der Waals surface area contributed by atoms with Gasteiger partial charge in [0.15, 0.2) is 0 Å². The molecule has 0 aromatic rings. The molecule has 7 fully saturated rings. The number of rotatable bonds is 9. The molecule has 0 saturated heterocycles. The number of carboxylic acid groups (broad SMARTS) is 1. The molecular weight excluding hydrogens is 476 g/mol. The van der Waals surface area contributed by atoms with Crippen LogP contribution in [0.2, 0.25) is 0 Å². The lowest BCUT2D eigenvalue weighted by atomic mass is 9.35. The van der Waals surface area contributed by atoms with Crippen LogP contribution < -0.4 is 0 Å². The quantitative estimate of drug-likeness (QED) is 0.330. The third kappa shape index (κ3) is 3.83. The number of ether oxygens (including phenoxy) is 2. The van der Waals surface area contributed by atoms with Gasteiger partial charge in [-0.3, -0.25) is 4.79 Å². The molecule has 2 N–H and O–H groups in total. The van der Waals surface area contributed by atoms with E-state index in [1.165, 1.54) is 32.1 Å². The van der Waals surface area contributed by atoms with E-state index in [1.807, 2.05) is 7.11 Å². The van der Waals surface area contributed by atoms with E-state index < -0.39 is 11.4 Å². The second-order valence-electron chi connectivity index (χ2n) is 15.8. The summed E-state index contributed by atoms with van der Waals surface area (Å²) in [5.74, 6) is 4.07. The number of hydrogen-bond acceptors (Lipinski definition) is 4. The maximum absolute atomic E-state index is 11.4. The molecule has 38 heavy (non-hydrogen) atoms. The highest BCUT2D eigenvalue weighted by atomic mass is 16.5. The first-order valence-corrected chi connectivity index (χ1v) is 16.0. The first-order valence-electron chi connectivity index (χ1n) is 16.0. The van der Waals surface area contributed by atoms with Crippen LogP contribution in [0.1, 0.15) is 105 Å². The summed E-state index contributed by atoms with van der Waals surface area (Å²) in [6, 6.07) is 0. The molecule has 11 atom stereocenters. The molecule has 0 radical (unpaired) electrons. The highest BCUT2D eigenvalue weighted by Gasteiger charge is 2.72. The Hall–Kier alpha value is -0.650. The molecule has 216 valence electrons. The second-order valence-corrected chi connectivity index (χ2v) is 15.8. The Balaban J connectivity index is 1.11. The van der Waals surface area contributed by atoms with Crippen molar-refractivity contribution >= 4 is 5.97 Å². The third-order valence-electron chi connectivity index (χ3n) is 14.1. The van der Waals surface area contributed by atoms with Gasteiger partial charge < -0.3 is 19.7 Å². The first kappa shape index (κ1) is 27.5. The molecular formula is C33H54O5. The van der Waals surface area contributed by atoms with Crippen LogP contribution in [0, 0.1) is 63.1 Å². The largest absolute Gasteiger partial charge is 0.481 e. The Morgan fingerprint density at radius 1 is 1.00 bits per heavy atom. The van der Waals surface area contributed by atoms with Crippen LogP contribution >= 0.6 is 0 Å². The molecule has 7 rings (SSSR count). The fourth-order valence-electron chi connectivity index (χ4n) is 12.4. The zero-order chi connectivity index (χ0) is 27.1. The standard InChI is InChI=1S/C33H54O5/c1-6-22-26-15-21(34)9-12-31(26,4)25-10-13-30(3)23(7-8-24(30)27(25)28(22)37-5)20(2)11-14-38-19-32-16-33(17-32,18-32)29(35)36/h20-28,34H,6-19H2,1-5H3,(H,35,36)/t20-,21-,22-,23-,24+,25+,26+,27+,28-,30-,31-,32?,33?/m1/s1. The highest BCUT2D eigenvalue weighted by molar-refractivity contribution is 5.79. The monoisotopic (exact) mass is 530 g/mol. The number of aliphatic hydroxyl groups excluding tert-OH is 1. The van der Waals surface area contributed by atoms with Crippen molar-refractivity contribution in [3.05, 3.63) is 0 Å². The minimum atomic E-state index is -0.601. The van der Waals surface area contributed by atoms with E-state index in [2.05, 4.69) is 27.7 Å². The number of aliphatic hydroxyl groups is 1. The molecule has 5 nitrogen and oxygen atoms in total. The van der Waals surface area contributed by atoms with E-state index in [4.69, 9.17) is 9.47 Å². The van der Waals surface area contributed by atoms with Crippen LogP contribution in [-0.2, 0) is 14.3 Å². The van der Waals surface area contributed by atoms with Gasteiger partial charge in [0.1, 0.15) is 0 Å². The zero-order valence-corrected chi connectivity index (χ0v) is 24.7. The predicted octanol–water partition coefficient (Wildman–Crippen LogP) is 6.56. The van der Waals surface area contributed by atoms with Gasteiger partial charge in [0, 0.05) is 13.7 Å². The van der Waals surface area contributed by atoms with Gasteiger partial charge in [-0.1, -0.05) is 34.1 Å². The summed E-state index contributed by atoms with van der Waals surface area (Å²) in [5.41, 5.74) is 0.515. The van der Waals surface area contributed by atoms with Crippen molar-refractivity contribution < 1.29 is 24.5 Å². The summed E-state index contributed by atoms with van der Waals surface area (Å²) >= 11 is 0. The molecule has 7 aliphatic rings. The van der Waals surface area contributed by atoms with Crippen LogP contribution in [0.5, 0.6) is 0 Å². The second kappa shape index (κ2) is 9.44.